The van der Waals surface area contributed by atoms with Gasteiger partial charge in [-0.25, -0.2) is 4.98 Å². The van der Waals surface area contributed by atoms with Crippen molar-refractivity contribution in [1.82, 2.24) is 4.98 Å². The molecule has 1 N–H and O–H groups in total. The van der Waals surface area contributed by atoms with E-state index in [2.05, 4.69) is 34.8 Å². The van der Waals surface area contributed by atoms with Crippen LogP contribution in [0.3, 0.4) is 0 Å². The molecule has 0 atom stereocenters. The summed E-state index contributed by atoms with van der Waals surface area (Å²) in [5, 5.41) is 0.980. The van der Waals surface area contributed by atoms with E-state index >= 15 is 0 Å². The lowest BCUT2D eigenvalue weighted by Crippen LogP contribution is -1.80. The van der Waals surface area contributed by atoms with E-state index in [0.717, 1.165) is 10.6 Å². The summed E-state index contributed by atoms with van der Waals surface area (Å²) in [6, 6.07) is 6.32. The minimum atomic E-state index is 0.980. The van der Waals surface area contributed by atoms with Gasteiger partial charge in [0, 0.05) is 6.26 Å². The van der Waals surface area contributed by atoms with Gasteiger partial charge in [-0.05, 0) is 24.6 Å². The number of benzene rings is 1. The van der Waals surface area contributed by atoms with E-state index in [1.807, 2.05) is 6.26 Å². The minimum absolute atomic E-state index is 0.980. The van der Waals surface area contributed by atoms with Crippen molar-refractivity contribution >= 4 is 38.6 Å². The lowest BCUT2D eigenvalue weighted by atomic mass is 10.2. The van der Waals surface area contributed by atoms with Crippen molar-refractivity contribution in [3.05, 3.63) is 23.8 Å². The summed E-state index contributed by atoms with van der Waals surface area (Å²) < 4.78 is 4.39. The van der Waals surface area contributed by atoms with Crippen LogP contribution >= 0.6 is 23.3 Å². The number of aromatic nitrogens is 1. The van der Waals surface area contributed by atoms with Gasteiger partial charge in [-0.3, -0.25) is 0 Å². The van der Waals surface area contributed by atoms with Crippen molar-refractivity contribution in [1.29, 1.82) is 0 Å². The molecule has 0 aliphatic rings. The van der Waals surface area contributed by atoms with Gasteiger partial charge in [0.15, 0.2) is 5.13 Å². The number of nitrogens with zero attached hydrogens (tertiary/aromatic N) is 1. The third kappa shape index (κ3) is 1.78. The van der Waals surface area contributed by atoms with Gasteiger partial charge in [0.1, 0.15) is 0 Å². The number of fused-ring (bicyclic) bond motifs is 1. The molecule has 68 valence electrons. The zero-order valence-electron chi connectivity index (χ0n) is 7.50. The number of thiazole rings is 1. The van der Waals surface area contributed by atoms with Crippen molar-refractivity contribution in [2.24, 2.45) is 0 Å². The molecule has 0 radical (unpaired) electrons. The van der Waals surface area contributed by atoms with Crippen LogP contribution in [0.2, 0.25) is 0 Å². The van der Waals surface area contributed by atoms with Gasteiger partial charge in [-0.2, -0.15) is 0 Å². The summed E-state index contributed by atoms with van der Waals surface area (Å²) in [6.07, 6.45) is 2.00. The fraction of sp³-hybridized carbons (Fsp3) is 0.222. The Kier molecular flexibility index (Phi) is 2.42. The highest BCUT2D eigenvalue weighted by Crippen LogP contribution is 2.27. The normalized spacial score (nSPS) is 10.6. The first-order chi connectivity index (χ1) is 6.29. The fourth-order valence-corrected chi connectivity index (χ4v) is 2.62. The molecule has 1 aromatic carbocycles. The van der Waals surface area contributed by atoms with Crippen LogP contribution in [0.25, 0.3) is 10.2 Å². The molecular formula is C9H10N2S2. The average Bonchev–Trinajstić information content (AvgIpc) is 2.46. The van der Waals surface area contributed by atoms with Crippen LogP contribution in [-0.4, -0.2) is 11.2 Å². The largest absolute Gasteiger partial charge is 0.306 e. The van der Waals surface area contributed by atoms with E-state index < -0.39 is 0 Å². The Morgan fingerprint density at radius 3 is 3.08 bits per heavy atom. The van der Waals surface area contributed by atoms with E-state index in [1.165, 1.54) is 10.3 Å². The number of nitrogens with one attached hydrogen (secondary N) is 1. The molecule has 0 amide bonds. The summed E-state index contributed by atoms with van der Waals surface area (Å²) in [5.41, 5.74) is 2.36. The fourth-order valence-electron chi connectivity index (χ4n) is 1.16. The van der Waals surface area contributed by atoms with Crippen molar-refractivity contribution in [3.8, 4) is 0 Å². The molecule has 0 saturated heterocycles. The molecule has 0 unspecified atom stereocenters. The summed E-state index contributed by atoms with van der Waals surface area (Å²) >= 11 is 3.27. The van der Waals surface area contributed by atoms with Crippen LogP contribution in [0.4, 0.5) is 5.13 Å². The van der Waals surface area contributed by atoms with Gasteiger partial charge in [0.2, 0.25) is 0 Å². The molecule has 2 nitrogen and oxygen atoms in total. The highest BCUT2D eigenvalue weighted by molar-refractivity contribution is 8.00. The van der Waals surface area contributed by atoms with Crippen molar-refractivity contribution in [3.63, 3.8) is 0 Å². The van der Waals surface area contributed by atoms with E-state index in [-0.39, 0.29) is 0 Å². The Labute approximate surface area is 85.5 Å². The Morgan fingerprint density at radius 1 is 1.46 bits per heavy atom. The number of hydrogen-bond donors (Lipinski definition) is 1. The minimum Gasteiger partial charge on any atom is -0.306 e. The summed E-state index contributed by atoms with van der Waals surface area (Å²) in [4.78, 5) is 4.43. The SMILES string of the molecule is CSNc1nc2ccc(C)cc2s1. The molecule has 0 bridgehead atoms. The molecule has 2 rings (SSSR count). The zero-order chi connectivity index (χ0) is 9.26. The van der Waals surface area contributed by atoms with Crippen LogP contribution in [0.1, 0.15) is 5.56 Å². The van der Waals surface area contributed by atoms with Crippen LogP contribution in [0, 0.1) is 6.92 Å². The molecular weight excluding hydrogens is 200 g/mol. The molecule has 0 aliphatic carbocycles. The molecule has 0 spiro atoms. The third-order valence-corrected chi connectivity index (χ3v) is 3.19. The van der Waals surface area contributed by atoms with E-state index in [4.69, 9.17) is 0 Å². The summed E-state index contributed by atoms with van der Waals surface area (Å²) in [7, 11) is 0. The molecule has 0 aliphatic heterocycles. The molecule has 1 heterocycles. The first kappa shape index (κ1) is 8.84. The summed E-state index contributed by atoms with van der Waals surface area (Å²) in [6.45, 7) is 2.10. The molecule has 2 aromatic rings. The predicted molar refractivity (Wildman–Crippen MR) is 61.5 cm³/mol. The molecule has 1 aromatic heterocycles. The smallest absolute Gasteiger partial charge is 0.193 e. The maximum atomic E-state index is 4.43. The molecule has 4 heteroatoms. The van der Waals surface area contributed by atoms with Crippen molar-refractivity contribution in [2.45, 2.75) is 6.92 Å². The van der Waals surface area contributed by atoms with Crippen LogP contribution < -0.4 is 4.72 Å². The van der Waals surface area contributed by atoms with Crippen LogP contribution in [0.15, 0.2) is 18.2 Å². The van der Waals surface area contributed by atoms with E-state index in [9.17, 15) is 0 Å². The second-order valence-electron chi connectivity index (χ2n) is 2.80. The van der Waals surface area contributed by atoms with Gasteiger partial charge in [0.25, 0.3) is 0 Å². The molecule has 0 saturated carbocycles. The highest BCUT2D eigenvalue weighted by Gasteiger charge is 2.01. The van der Waals surface area contributed by atoms with Crippen LogP contribution in [0.5, 0.6) is 0 Å². The van der Waals surface area contributed by atoms with Crippen molar-refractivity contribution < 1.29 is 0 Å². The van der Waals surface area contributed by atoms with Gasteiger partial charge >= 0.3 is 0 Å². The second-order valence-corrected chi connectivity index (χ2v) is 4.44. The Bertz CT molecular complexity index is 422. The average molecular weight is 210 g/mol. The van der Waals surface area contributed by atoms with Gasteiger partial charge in [-0.1, -0.05) is 29.4 Å². The number of aryl methyl sites for hydroxylation is 1. The van der Waals surface area contributed by atoms with Crippen LogP contribution in [-0.2, 0) is 0 Å². The number of rotatable bonds is 2. The maximum absolute atomic E-state index is 4.43. The standard InChI is InChI=1S/C9H10N2S2/c1-6-3-4-7-8(5-6)13-9(10-7)11-12-2/h3-5H,1-2H3,(H,10,11). The zero-order valence-corrected chi connectivity index (χ0v) is 9.13. The van der Waals surface area contributed by atoms with E-state index in [0.29, 0.717) is 0 Å². The van der Waals surface area contributed by atoms with Crippen molar-refractivity contribution in [2.75, 3.05) is 11.0 Å². The maximum Gasteiger partial charge on any atom is 0.193 e. The molecule has 0 fully saturated rings. The van der Waals surface area contributed by atoms with E-state index in [1.54, 1.807) is 23.3 Å². The Hall–Kier alpha value is -0.740. The second kappa shape index (κ2) is 3.55. The van der Waals surface area contributed by atoms with Gasteiger partial charge in [0.05, 0.1) is 10.2 Å². The Morgan fingerprint density at radius 2 is 2.31 bits per heavy atom. The predicted octanol–water partition coefficient (Wildman–Crippen LogP) is 3.29. The summed E-state index contributed by atoms with van der Waals surface area (Å²) in [5.74, 6) is 0. The first-order valence-corrected chi connectivity index (χ1v) is 6.00. The first-order valence-electron chi connectivity index (χ1n) is 3.96. The molecule has 13 heavy (non-hydrogen) atoms. The lowest BCUT2D eigenvalue weighted by Gasteiger charge is -1.90. The van der Waals surface area contributed by atoms with Gasteiger partial charge < -0.3 is 4.72 Å². The lowest BCUT2D eigenvalue weighted by molar-refractivity contribution is 1.46. The van der Waals surface area contributed by atoms with Gasteiger partial charge in [-0.15, -0.1) is 0 Å². The third-order valence-electron chi connectivity index (χ3n) is 1.73. The number of hydrogen-bond acceptors (Lipinski definition) is 4. The highest BCUT2D eigenvalue weighted by atomic mass is 32.2. The monoisotopic (exact) mass is 210 g/mol. The quantitative estimate of drug-likeness (QED) is 0.770. The Balaban J connectivity index is 2.49. The number of anilines is 1. The topological polar surface area (TPSA) is 24.9 Å².